The summed E-state index contributed by atoms with van der Waals surface area (Å²) in [7, 11) is 0. The van der Waals surface area contributed by atoms with Gasteiger partial charge in [-0.3, -0.25) is 14.2 Å². The topological polar surface area (TPSA) is 86.1 Å². The van der Waals surface area contributed by atoms with Crippen molar-refractivity contribution in [3.63, 3.8) is 0 Å². The Morgan fingerprint density at radius 2 is 2.00 bits per heavy atom. The van der Waals surface area contributed by atoms with Crippen molar-refractivity contribution in [2.75, 3.05) is 11.9 Å². The van der Waals surface area contributed by atoms with E-state index in [1.807, 2.05) is 60.8 Å². The summed E-state index contributed by atoms with van der Waals surface area (Å²) in [5, 5.41) is 5.98. The second kappa shape index (κ2) is 10.1. The number of nitrogens with one attached hydrogen (secondary N) is 1. The van der Waals surface area contributed by atoms with E-state index in [0.717, 1.165) is 24.1 Å². The predicted molar refractivity (Wildman–Crippen MR) is 136 cm³/mol. The number of amides is 1. The number of hydrogen-bond acceptors (Lipinski definition) is 7. The summed E-state index contributed by atoms with van der Waals surface area (Å²) in [5.41, 5.74) is 2.34. The Kier molecular flexibility index (Phi) is 6.75. The Balaban J connectivity index is 1.36. The van der Waals surface area contributed by atoms with Gasteiger partial charge in [0, 0.05) is 17.6 Å². The average molecular weight is 493 g/mol. The maximum absolute atomic E-state index is 13.3. The fourth-order valence-corrected chi connectivity index (χ4v) is 5.52. The van der Waals surface area contributed by atoms with E-state index in [9.17, 15) is 9.59 Å². The maximum Gasteiger partial charge on any atom is 0.262 e. The van der Waals surface area contributed by atoms with E-state index in [0.29, 0.717) is 34.3 Å². The lowest BCUT2D eigenvalue weighted by atomic mass is 10.2. The van der Waals surface area contributed by atoms with Gasteiger partial charge in [-0.25, -0.2) is 9.97 Å². The molecule has 3 heterocycles. The number of carbonyl (C=O) groups excluding carboxylic acids is 1. The fraction of sp³-hybridized carbons (Fsp3) is 0.280. The molecule has 5 rings (SSSR count). The molecule has 0 spiro atoms. The highest BCUT2D eigenvalue weighted by Crippen LogP contribution is 2.28. The largest absolute Gasteiger partial charge is 0.376 e. The van der Waals surface area contributed by atoms with Gasteiger partial charge in [0.2, 0.25) is 5.91 Å². The van der Waals surface area contributed by atoms with E-state index < -0.39 is 5.25 Å². The molecule has 4 aromatic rings. The van der Waals surface area contributed by atoms with Gasteiger partial charge in [0.1, 0.15) is 0 Å². The molecule has 2 aromatic carbocycles. The minimum absolute atomic E-state index is 0.0177. The van der Waals surface area contributed by atoms with Gasteiger partial charge in [-0.1, -0.05) is 54.2 Å². The molecule has 174 valence electrons. The van der Waals surface area contributed by atoms with E-state index in [1.54, 1.807) is 10.6 Å². The van der Waals surface area contributed by atoms with Crippen molar-refractivity contribution in [1.29, 1.82) is 0 Å². The zero-order valence-electron chi connectivity index (χ0n) is 18.6. The number of thiazole rings is 1. The first-order valence-corrected chi connectivity index (χ1v) is 12.9. The molecule has 9 heteroatoms. The molecule has 2 atom stereocenters. The van der Waals surface area contributed by atoms with Crippen molar-refractivity contribution in [3.8, 4) is 11.3 Å². The predicted octanol–water partition coefficient (Wildman–Crippen LogP) is 4.82. The fourth-order valence-electron chi connectivity index (χ4n) is 3.88. The Morgan fingerprint density at radius 1 is 1.21 bits per heavy atom. The Hall–Kier alpha value is -3.01. The van der Waals surface area contributed by atoms with Gasteiger partial charge >= 0.3 is 0 Å². The van der Waals surface area contributed by atoms with Crippen molar-refractivity contribution in [2.45, 2.75) is 42.8 Å². The standard InChI is InChI=1S/C25H24N4O3S2/c1-16(22(30)28-24-26-21(15-33-24)17-8-3-2-4-9-17)34-25-27-20-12-6-5-11-19(20)23(31)29(25)14-18-10-7-13-32-18/h2-6,8-9,11-12,15-16,18H,7,10,13-14H2,1H3,(H,26,28,30)/t16-,18-/m0/s1. The summed E-state index contributed by atoms with van der Waals surface area (Å²) in [6.45, 7) is 2.95. The molecule has 1 amide bonds. The van der Waals surface area contributed by atoms with E-state index in [4.69, 9.17) is 9.72 Å². The minimum Gasteiger partial charge on any atom is -0.376 e. The SMILES string of the molecule is C[C@H](Sc1nc2ccccc2c(=O)n1C[C@@H]1CCCO1)C(=O)Nc1nc(-c2ccccc2)cs1. The van der Waals surface area contributed by atoms with Gasteiger partial charge in [-0.15, -0.1) is 11.3 Å². The zero-order chi connectivity index (χ0) is 23.5. The first kappa shape index (κ1) is 22.8. The van der Waals surface area contributed by atoms with Gasteiger partial charge in [-0.2, -0.15) is 0 Å². The van der Waals surface area contributed by atoms with Crippen LogP contribution in [0.1, 0.15) is 19.8 Å². The molecule has 7 nitrogen and oxygen atoms in total. The van der Waals surface area contributed by atoms with E-state index in [1.165, 1.54) is 23.1 Å². The normalized spacial score (nSPS) is 16.6. The summed E-state index contributed by atoms with van der Waals surface area (Å²) in [4.78, 5) is 35.5. The molecule has 1 saturated heterocycles. The summed E-state index contributed by atoms with van der Waals surface area (Å²) in [5.74, 6) is -0.190. The van der Waals surface area contributed by atoms with Crippen molar-refractivity contribution in [1.82, 2.24) is 14.5 Å². The highest BCUT2D eigenvalue weighted by molar-refractivity contribution is 8.00. The number of anilines is 1. The minimum atomic E-state index is -0.479. The van der Waals surface area contributed by atoms with Gasteiger partial charge in [0.25, 0.3) is 5.56 Å². The molecule has 0 radical (unpaired) electrons. The number of benzene rings is 2. The lowest BCUT2D eigenvalue weighted by Gasteiger charge is -2.18. The second-order valence-electron chi connectivity index (χ2n) is 8.12. The third-order valence-electron chi connectivity index (χ3n) is 5.69. The smallest absolute Gasteiger partial charge is 0.262 e. The number of para-hydroxylation sites is 1. The van der Waals surface area contributed by atoms with Crippen LogP contribution in [0.3, 0.4) is 0 Å². The second-order valence-corrected chi connectivity index (χ2v) is 10.3. The van der Waals surface area contributed by atoms with Crippen LogP contribution < -0.4 is 10.9 Å². The van der Waals surface area contributed by atoms with E-state index in [-0.39, 0.29) is 17.6 Å². The van der Waals surface area contributed by atoms with Crippen molar-refractivity contribution >= 4 is 45.0 Å². The molecular weight excluding hydrogens is 468 g/mol. The zero-order valence-corrected chi connectivity index (χ0v) is 20.3. The summed E-state index contributed by atoms with van der Waals surface area (Å²) in [6.07, 6.45) is 1.88. The van der Waals surface area contributed by atoms with Crippen LogP contribution in [-0.2, 0) is 16.1 Å². The third-order valence-corrected chi connectivity index (χ3v) is 7.54. The van der Waals surface area contributed by atoms with Crippen LogP contribution in [-0.4, -0.2) is 38.4 Å². The van der Waals surface area contributed by atoms with E-state index >= 15 is 0 Å². The molecule has 2 aromatic heterocycles. The first-order chi connectivity index (χ1) is 16.6. The number of aromatic nitrogens is 3. The van der Waals surface area contributed by atoms with Gasteiger partial charge in [0.15, 0.2) is 10.3 Å². The number of nitrogens with zero attached hydrogens (tertiary/aromatic N) is 3. The molecule has 34 heavy (non-hydrogen) atoms. The van der Waals surface area contributed by atoms with Gasteiger partial charge in [-0.05, 0) is 31.9 Å². The molecule has 0 saturated carbocycles. The number of fused-ring (bicyclic) bond motifs is 1. The molecule has 1 aliphatic heterocycles. The molecule has 0 bridgehead atoms. The highest BCUT2D eigenvalue weighted by atomic mass is 32.2. The molecule has 1 fully saturated rings. The first-order valence-electron chi connectivity index (χ1n) is 11.2. The number of thioether (sulfide) groups is 1. The van der Waals surface area contributed by atoms with Crippen LogP contribution >= 0.6 is 23.1 Å². The molecule has 0 unspecified atom stereocenters. The van der Waals surface area contributed by atoms with Crippen LogP contribution in [0.2, 0.25) is 0 Å². The third kappa shape index (κ3) is 4.91. The summed E-state index contributed by atoms with van der Waals surface area (Å²) < 4.78 is 7.42. The number of hydrogen-bond donors (Lipinski definition) is 1. The van der Waals surface area contributed by atoms with Crippen LogP contribution in [0.5, 0.6) is 0 Å². The summed E-state index contributed by atoms with van der Waals surface area (Å²) >= 11 is 2.66. The average Bonchev–Trinajstić information content (AvgIpc) is 3.54. The monoisotopic (exact) mass is 492 g/mol. The van der Waals surface area contributed by atoms with Crippen LogP contribution in [0.25, 0.3) is 22.2 Å². The van der Waals surface area contributed by atoms with E-state index in [2.05, 4.69) is 10.3 Å². The maximum atomic E-state index is 13.3. The van der Waals surface area contributed by atoms with Gasteiger partial charge in [0.05, 0.1) is 34.5 Å². The lowest BCUT2D eigenvalue weighted by Crippen LogP contribution is -2.30. The molecule has 0 aliphatic carbocycles. The van der Waals surface area contributed by atoms with Crippen molar-refractivity contribution in [3.05, 3.63) is 70.3 Å². The molecule has 1 N–H and O–H groups in total. The lowest BCUT2D eigenvalue weighted by molar-refractivity contribution is -0.115. The van der Waals surface area contributed by atoms with Crippen LogP contribution in [0, 0.1) is 0 Å². The molecular formula is C25H24N4O3S2. The van der Waals surface area contributed by atoms with Crippen molar-refractivity contribution < 1.29 is 9.53 Å². The Labute approximate surface area is 205 Å². The van der Waals surface area contributed by atoms with Gasteiger partial charge < -0.3 is 10.1 Å². The number of ether oxygens (including phenoxy) is 1. The Morgan fingerprint density at radius 3 is 2.79 bits per heavy atom. The van der Waals surface area contributed by atoms with Crippen LogP contribution in [0.15, 0.2) is 69.9 Å². The number of carbonyl (C=O) groups is 1. The Bertz CT molecular complexity index is 1360. The number of rotatable bonds is 7. The summed E-state index contributed by atoms with van der Waals surface area (Å²) in [6, 6.07) is 17.1. The molecule has 1 aliphatic rings. The van der Waals surface area contributed by atoms with Crippen LogP contribution in [0.4, 0.5) is 5.13 Å². The quantitative estimate of drug-likeness (QED) is 0.294. The van der Waals surface area contributed by atoms with Crippen molar-refractivity contribution in [2.24, 2.45) is 0 Å². The highest BCUT2D eigenvalue weighted by Gasteiger charge is 2.23.